The molecule has 0 aliphatic heterocycles. The largest absolute Gasteiger partial charge is 0.460 e. The quantitative estimate of drug-likeness (QED) is 0.471. The van der Waals surface area contributed by atoms with Gasteiger partial charge in [-0.2, -0.15) is 9.67 Å². The Balaban J connectivity index is 1.98. The van der Waals surface area contributed by atoms with Crippen molar-refractivity contribution in [1.29, 1.82) is 0 Å². The van der Waals surface area contributed by atoms with Crippen LogP contribution in [0, 0.1) is 0 Å². The zero-order valence-electron chi connectivity index (χ0n) is 16.2. The molecule has 0 saturated carbocycles. The van der Waals surface area contributed by atoms with Crippen LogP contribution < -0.4 is 4.74 Å². The molecule has 6 nitrogen and oxygen atoms in total. The number of nitrogens with zero attached hydrogens (tertiary/aromatic N) is 3. The predicted octanol–water partition coefficient (Wildman–Crippen LogP) is 4.92. The van der Waals surface area contributed by atoms with Gasteiger partial charge in [0.1, 0.15) is 6.61 Å². The number of halogens is 2. The maximum Gasteiger partial charge on any atom is 0.336 e. The lowest BCUT2D eigenvalue weighted by atomic mass is 10.1. The Morgan fingerprint density at radius 1 is 1.07 bits per heavy atom. The van der Waals surface area contributed by atoms with Crippen LogP contribution in [0.1, 0.15) is 29.8 Å². The molecule has 0 amide bonds. The summed E-state index contributed by atoms with van der Waals surface area (Å²) in [5.41, 5.74) is 2.15. The lowest BCUT2D eigenvalue weighted by molar-refractivity contribution is 0.0938. The standard InChI is InChI=1S/C21H21Cl2N3O3/c1-3-14-5-7-15(8-6-14)20(27)26-19(17-10-9-16(22)13-18(17)23)24-21(25-26)29-12-11-28-4-2/h5-10,13H,3-4,11-12H2,1-2H3. The van der Waals surface area contributed by atoms with Crippen molar-refractivity contribution in [3.05, 3.63) is 63.6 Å². The molecule has 0 saturated heterocycles. The van der Waals surface area contributed by atoms with Gasteiger partial charge in [-0.3, -0.25) is 4.79 Å². The molecule has 0 unspecified atom stereocenters. The van der Waals surface area contributed by atoms with Gasteiger partial charge < -0.3 is 9.47 Å². The molecule has 0 fully saturated rings. The summed E-state index contributed by atoms with van der Waals surface area (Å²) in [5.74, 6) is -0.0523. The van der Waals surface area contributed by atoms with Crippen LogP contribution in [0.2, 0.25) is 10.0 Å². The molecule has 3 aromatic rings. The van der Waals surface area contributed by atoms with E-state index in [0.717, 1.165) is 12.0 Å². The Hall–Kier alpha value is -2.41. The normalized spacial score (nSPS) is 10.9. The Bertz CT molecular complexity index is 987. The molecule has 1 aromatic heterocycles. The Morgan fingerprint density at radius 3 is 2.48 bits per heavy atom. The fourth-order valence-corrected chi connectivity index (χ4v) is 3.18. The molecule has 0 N–H and O–H groups in total. The minimum absolute atomic E-state index is 0.0734. The first-order chi connectivity index (χ1) is 14.0. The van der Waals surface area contributed by atoms with E-state index < -0.39 is 0 Å². The number of hydrogen-bond donors (Lipinski definition) is 0. The second kappa shape index (κ2) is 9.87. The van der Waals surface area contributed by atoms with Crippen molar-refractivity contribution in [3.8, 4) is 17.4 Å². The molecule has 1 heterocycles. The van der Waals surface area contributed by atoms with Crippen molar-refractivity contribution in [2.24, 2.45) is 0 Å². The number of carbonyl (C=O) groups excluding carboxylic acids is 1. The third-order valence-electron chi connectivity index (χ3n) is 4.22. The highest BCUT2D eigenvalue weighted by Gasteiger charge is 2.22. The second-order valence-electron chi connectivity index (χ2n) is 6.15. The van der Waals surface area contributed by atoms with Gasteiger partial charge in [0.25, 0.3) is 5.91 Å². The third kappa shape index (κ3) is 5.15. The van der Waals surface area contributed by atoms with Crippen LogP contribution in [0.5, 0.6) is 6.01 Å². The summed E-state index contributed by atoms with van der Waals surface area (Å²) in [6.07, 6.45) is 0.890. The van der Waals surface area contributed by atoms with Gasteiger partial charge in [0.15, 0.2) is 5.82 Å². The molecule has 152 valence electrons. The van der Waals surface area contributed by atoms with Crippen LogP contribution in [0.4, 0.5) is 0 Å². The third-order valence-corrected chi connectivity index (χ3v) is 4.77. The lowest BCUT2D eigenvalue weighted by Crippen LogP contribution is -2.15. The number of benzene rings is 2. The number of rotatable bonds is 8. The van der Waals surface area contributed by atoms with Gasteiger partial charge >= 0.3 is 6.01 Å². The molecule has 0 spiro atoms. The van der Waals surface area contributed by atoms with Gasteiger partial charge in [0.05, 0.1) is 11.6 Å². The molecule has 0 aliphatic carbocycles. The van der Waals surface area contributed by atoms with Gasteiger partial charge in [0.2, 0.25) is 0 Å². The number of hydrogen-bond acceptors (Lipinski definition) is 5. The van der Waals surface area contributed by atoms with Gasteiger partial charge in [-0.25, -0.2) is 0 Å². The fourth-order valence-electron chi connectivity index (χ4n) is 2.68. The summed E-state index contributed by atoms with van der Waals surface area (Å²) in [6, 6.07) is 12.4. The van der Waals surface area contributed by atoms with E-state index in [2.05, 4.69) is 17.0 Å². The van der Waals surface area contributed by atoms with Gasteiger partial charge in [-0.05, 0) is 49.2 Å². The average molecular weight is 434 g/mol. The van der Waals surface area contributed by atoms with E-state index in [4.69, 9.17) is 32.7 Å². The van der Waals surface area contributed by atoms with E-state index in [1.165, 1.54) is 4.68 Å². The first-order valence-corrected chi connectivity index (χ1v) is 10.1. The molecule has 8 heteroatoms. The molecule has 0 radical (unpaired) electrons. The number of ether oxygens (including phenoxy) is 2. The first-order valence-electron chi connectivity index (χ1n) is 9.30. The van der Waals surface area contributed by atoms with Crippen molar-refractivity contribution in [2.75, 3.05) is 19.8 Å². The number of carbonyl (C=O) groups is 1. The number of aryl methyl sites for hydroxylation is 1. The van der Waals surface area contributed by atoms with Crippen molar-refractivity contribution in [2.45, 2.75) is 20.3 Å². The van der Waals surface area contributed by atoms with E-state index in [-0.39, 0.29) is 24.3 Å². The highest BCUT2D eigenvalue weighted by Crippen LogP contribution is 2.30. The average Bonchev–Trinajstić information content (AvgIpc) is 3.14. The maximum atomic E-state index is 13.1. The van der Waals surface area contributed by atoms with Crippen LogP contribution in [0.25, 0.3) is 11.4 Å². The van der Waals surface area contributed by atoms with E-state index in [0.29, 0.717) is 34.4 Å². The lowest BCUT2D eigenvalue weighted by Gasteiger charge is -2.07. The molecule has 0 atom stereocenters. The van der Waals surface area contributed by atoms with Crippen LogP contribution in [0.15, 0.2) is 42.5 Å². The summed E-state index contributed by atoms with van der Waals surface area (Å²) in [4.78, 5) is 17.5. The summed E-state index contributed by atoms with van der Waals surface area (Å²) in [5, 5.41) is 5.10. The van der Waals surface area contributed by atoms with Gasteiger partial charge in [-0.1, -0.05) is 42.3 Å². The smallest absolute Gasteiger partial charge is 0.336 e. The molecular weight excluding hydrogens is 413 g/mol. The molecule has 3 rings (SSSR count). The highest BCUT2D eigenvalue weighted by atomic mass is 35.5. The second-order valence-corrected chi connectivity index (χ2v) is 7.00. The predicted molar refractivity (Wildman–Crippen MR) is 113 cm³/mol. The zero-order chi connectivity index (χ0) is 20.8. The summed E-state index contributed by atoms with van der Waals surface area (Å²) in [7, 11) is 0. The van der Waals surface area contributed by atoms with Gasteiger partial charge in [0, 0.05) is 22.8 Å². The minimum Gasteiger partial charge on any atom is -0.460 e. The highest BCUT2D eigenvalue weighted by molar-refractivity contribution is 6.36. The van der Waals surface area contributed by atoms with E-state index in [1.54, 1.807) is 30.3 Å². The van der Waals surface area contributed by atoms with Crippen molar-refractivity contribution in [3.63, 3.8) is 0 Å². The number of aromatic nitrogens is 3. The molecule has 2 aromatic carbocycles. The maximum absolute atomic E-state index is 13.1. The van der Waals surface area contributed by atoms with E-state index in [1.807, 2.05) is 19.1 Å². The van der Waals surface area contributed by atoms with Crippen LogP contribution in [-0.4, -0.2) is 40.5 Å². The van der Waals surface area contributed by atoms with Crippen molar-refractivity contribution in [1.82, 2.24) is 14.8 Å². The minimum atomic E-state index is -0.333. The molecule has 29 heavy (non-hydrogen) atoms. The molecule has 0 aliphatic rings. The Kier molecular flexibility index (Phi) is 7.25. The first kappa shape index (κ1) is 21.3. The van der Waals surface area contributed by atoms with Crippen LogP contribution in [-0.2, 0) is 11.2 Å². The van der Waals surface area contributed by atoms with Gasteiger partial charge in [-0.15, -0.1) is 5.10 Å². The SMILES string of the molecule is CCOCCOc1nc(-c2ccc(Cl)cc2Cl)n(C(=O)c2ccc(CC)cc2)n1. The van der Waals surface area contributed by atoms with E-state index >= 15 is 0 Å². The summed E-state index contributed by atoms with van der Waals surface area (Å²) in [6.45, 7) is 5.21. The van der Waals surface area contributed by atoms with Crippen molar-refractivity contribution < 1.29 is 14.3 Å². The molecular formula is C21H21Cl2N3O3. The molecule has 0 bridgehead atoms. The van der Waals surface area contributed by atoms with Crippen LogP contribution in [0.3, 0.4) is 0 Å². The zero-order valence-corrected chi connectivity index (χ0v) is 17.7. The Morgan fingerprint density at radius 2 is 1.83 bits per heavy atom. The summed E-state index contributed by atoms with van der Waals surface area (Å²) < 4.78 is 12.0. The van der Waals surface area contributed by atoms with E-state index in [9.17, 15) is 4.79 Å². The topological polar surface area (TPSA) is 66.2 Å². The van der Waals surface area contributed by atoms with Crippen LogP contribution >= 0.6 is 23.2 Å². The van der Waals surface area contributed by atoms with Crippen molar-refractivity contribution >= 4 is 29.1 Å². The Labute approximate surface area is 179 Å². The monoisotopic (exact) mass is 433 g/mol. The summed E-state index contributed by atoms with van der Waals surface area (Å²) >= 11 is 12.3. The fraction of sp³-hybridized carbons (Fsp3) is 0.286.